The van der Waals surface area contributed by atoms with E-state index in [0.717, 1.165) is 30.0 Å². The Kier molecular flexibility index (Phi) is 3.78. The van der Waals surface area contributed by atoms with E-state index in [4.69, 9.17) is 15.2 Å². The fourth-order valence-corrected chi connectivity index (χ4v) is 4.01. The number of nitrogens with zero attached hydrogens (tertiary/aromatic N) is 2. The highest BCUT2D eigenvalue weighted by molar-refractivity contribution is 7.13. The molecule has 0 bridgehead atoms. The van der Waals surface area contributed by atoms with Gasteiger partial charge in [-0.3, -0.25) is 4.79 Å². The Morgan fingerprint density at radius 3 is 2.96 bits per heavy atom. The number of carbonyl (C=O) groups is 1. The molecule has 24 heavy (non-hydrogen) atoms. The van der Waals surface area contributed by atoms with Crippen molar-refractivity contribution < 1.29 is 19.4 Å². The summed E-state index contributed by atoms with van der Waals surface area (Å²) in [5.74, 6) is 0.972. The predicted molar refractivity (Wildman–Crippen MR) is 88.8 cm³/mol. The number of primary amides is 1. The number of aromatic nitrogens is 1. The summed E-state index contributed by atoms with van der Waals surface area (Å²) in [7, 11) is 0. The molecule has 0 unspecified atom stereocenters. The van der Waals surface area contributed by atoms with Crippen molar-refractivity contribution in [2.45, 2.75) is 18.4 Å². The first-order valence-corrected chi connectivity index (χ1v) is 8.57. The number of aliphatic hydroxyl groups is 1. The van der Waals surface area contributed by atoms with Crippen molar-refractivity contribution >= 4 is 22.4 Å². The summed E-state index contributed by atoms with van der Waals surface area (Å²) >= 11 is 1.37. The largest absolute Gasteiger partial charge is 0.454 e. The standard InChI is InChI=1S/C16H17N3O4S/c17-15(21)11-7-24-16(18-11)19-4-3-10(12(20)6-19)9-1-2-13-14(5-9)23-8-22-13/h1-2,5,7,10,12,20H,3-4,6,8H2,(H2,17,21)/t10-,12+/m0/s1. The van der Waals surface area contributed by atoms with E-state index in [1.165, 1.54) is 11.3 Å². The van der Waals surface area contributed by atoms with Gasteiger partial charge in [0.2, 0.25) is 6.79 Å². The molecule has 1 fully saturated rings. The molecule has 0 aliphatic carbocycles. The lowest BCUT2D eigenvalue weighted by Crippen LogP contribution is -2.42. The zero-order valence-corrected chi connectivity index (χ0v) is 13.7. The van der Waals surface area contributed by atoms with E-state index in [0.29, 0.717) is 11.7 Å². The topological polar surface area (TPSA) is 97.9 Å². The average molecular weight is 347 g/mol. The monoisotopic (exact) mass is 347 g/mol. The first-order chi connectivity index (χ1) is 11.6. The fraction of sp³-hybridized carbons (Fsp3) is 0.375. The number of carbonyl (C=O) groups excluding carboxylic acids is 1. The lowest BCUT2D eigenvalue weighted by Gasteiger charge is -2.36. The SMILES string of the molecule is NC(=O)c1csc(N2CC[C@@H](c3ccc4c(c3)OCO4)[C@H](O)C2)n1. The molecule has 4 rings (SSSR count). The van der Waals surface area contributed by atoms with Crippen LogP contribution in [0.2, 0.25) is 0 Å². The third kappa shape index (κ3) is 2.67. The normalized spacial score (nSPS) is 22.6. The van der Waals surface area contributed by atoms with Gasteiger partial charge in [-0.1, -0.05) is 6.07 Å². The van der Waals surface area contributed by atoms with Gasteiger partial charge in [0.25, 0.3) is 5.91 Å². The second kappa shape index (κ2) is 5.95. The lowest BCUT2D eigenvalue weighted by molar-refractivity contribution is 0.0996. The summed E-state index contributed by atoms with van der Waals surface area (Å²) in [4.78, 5) is 17.4. The quantitative estimate of drug-likeness (QED) is 0.869. The number of thiazole rings is 1. The van der Waals surface area contributed by atoms with Gasteiger partial charge in [-0.15, -0.1) is 11.3 Å². The number of amides is 1. The van der Waals surface area contributed by atoms with Gasteiger partial charge in [0.1, 0.15) is 5.69 Å². The number of hydrogen-bond donors (Lipinski definition) is 2. The van der Waals surface area contributed by atoms with Crippen molar-refractivity contribution in [3.8, 4) is 11.5 Å². The van der Waals surface area contributed by atoms with Crippen LogP contribution in [0.25, 0.3) is 0 Å². The minimum absolute atomic E-state index is 0.0336. The first kappa shape index (κ1) is 15.2. The number of nitrogens with two attached hydrogens (primary N) is 1. The number of rotatable bonds is 3. The fourth-order valence-electron chi connectivity index (χ4n) is 3.16. The summed E-state index contributed by atoms with van der Waals surface area (Å²) in [6.07, 6.45) is 0.256. The molecule has 0 spiro atoms. The molecular formula is C16H17N3O4S. The zero-order chi connectivity index (χ0) is 16.7. The number of piperidine rings is 1. The Labute approximate surface area is 142 Å². The highest BCUT2D eigenvalue weighted by Gasteiger charge is 2.31. The van der Waals surface area contributed by atoms with Crippen LogP contribution in [0, 0.1) is 0 Å². The number of ether oxygens (including phenoxy) is 2. The predicted octanol–water partition coefficient (Wildman–Crippen LogP) is 1.33. The van der Waals surface area contributed by atoms with Crippen LogP contribution >= 0.6 is 11.3 Å². The van der Waals surface area contributed by atoms with Crippen molar-refractivity contribution in [1.29, 1.82) is 0 Å². The molecule has 3 heterocycles. The molecule has 1 amide bonds. The maximum atomic E-state index is 11.2. The molecule has 1 aromatic carbocycles. The van der Waals surface area contributed by atoms with Crippen LogP contribution in [0.4, 0.5) is 5.13 Å². The Morgan fingerprint density at radius 2 is 2.21 bits per heavy atom. The van der Waals surface area contributed by atoms with Crippen LogP contribution in [-0.2, 0) is 0 Å². The van der Waals surface area contributed by atoms with E-state index >= 15 is 0 Å². The number of anilines is 1. The van der Waals surface area contributed by atoms with Gasteiger partial charge in [0, 0.05) is 24.4 Å². The number of aliphatic hydroxyl groups excluding tert-OH is 1. The summed E-state index contributed by atoms with van der Waals surface area (Å²) in [5, 5.41) is 13.0. The van der Waals surface area contributed by atoms with E-state index in [9.17, 15) is 9.90 Å². The molecule has 2 atom stereocenters. The van der Waals surface area contributed by atoms with Crippen LogP contribution in [0.3, 0.4) is 0 Å². The zero-order valence-electron chi connectivity index (χ0n) is 12.8. The third-order valence-corrected chi connectivity index (χ3v) is 5.32. The maximum Gasteiger partial charge on any atom is 0.268 e. The van der Waals surface area contributed by atoms with Gasteiger partial charge < -0.3 is 25.2 Å². The van der Waals surface area contributed by atoms with Gasteiger partial charge in [-0.05, 0) is 24.1 Å². The Hall–Kier alpha value is -2.32. The molecule has 2 aliphatic rings. The Balaban J connectivity index is 1.49. The molecule has 7 nitrogen and oxygen atoms in total. The number of fused-ring (bicyclic) bond motifs is 1. The van der Waals surface area contributed by atoms with Crippen molar-refractivity contribution in [2.24, 2.45) is 5.73 Å². The van der Waals surface area contributed by atoms with Crippen LogP contribution in [0.15, 0.2) is 23.6 Å². The van der Waals surface area contributed by atoms with E-state index in [-0.39, 0.29) is 18.4 Å². The van der Waals surface area contributed by atoms with Gasteiger partial charge >= 0.3 is 0 Å². The molecule has 3 N–H and O–H groups in total. The number of hydrogen-bond acceptors (Lipinski definition) is 7. The first-order valence-electron chi connectivity index (χ1n) is 7.69. The van der Waals surface area contributed by atoms with Gasteiger partial charge in [-0.2, -0.15) is 0 Å². The molecule has 126 valence electrons. The van der Waals surface area contributed by atoms with Crippen LogP contribution in [0.1, 0.15) is 28.4 Å². The van der Waals surface area contributed by atoms with Gasteiger partial charge in [0.05, 0.1) is 6.10 Å². The minimum atomic E-state index is -0.534. The second-order valence-electron chi connectivity index (χ2n) is 5.90. The number of β-amino-alcohol motifs (C(OH)–C–C–N with tert-alkyl or cyclic N) is 1. The van der Waals surface area contributed by atoms with Crippen LogP contribution in [-0.4, -0.2) is 42.0 Å². The van der Waals surface area contributed by atoms with Crippen molar-refractivity contribution in [2.75, 3.05) is 24.8 Å². The summed E-state index contributed by atoms with van der Waals surface area (Å²) in [6, 6.07) is 5.81. The Morgan fingerprint density at radius 1 is 1.38 bits per heavy atom. The highest BCUT2D eigenvalue weighted by atomic mass is 32.1. The maximum absolute atomic E-state index is 11.2. The minimum Gasteiger partial charge on any atom is -0.454 e. The molecule has 0 saturated carbocycles. The Bertz CT molecular complexity index is 778. The van der Waals surface area contributed by atoms with Gasteiger partial charge in [0.15, 0.2) is 16.6 Å². The number of benzene rings is 1. The van der Waals surface area contributed by atoms with Crippen molar-refractivity contribution in [3.63, 3.8) is 0 Å². The molecule has 8 heteroatoms. The molecular weight excluding hydrogens is 330 g/mol. The van der Waals surface area contributed by atoms with E-state index < -0.39 is 12.0 Å². The summed E-state index contributed by atoms with van der Waals surface area (Å²) < 4.78 is 10.7. The molecule has 1 saturated heterocycles. The molecule has 2 aliphatic heterocycles. The molecule has 1 aromatic heterocycles. The van der Waals surface area contributed by atoms with E-state index in [1.54, 1.807) is 5.38 Å². The molecule has 2 aromatic rings. The summed E-state index contributed by atoms with van der Waals surface area (Å²) in [5.41, 5.74) is 6.55. The van der Waals surface area contributed by atoms with Crippen LogP contribution < -0.4 is 20.1 Å². The van der Waals surface area contributed by atoms with Gasteiger partial charge in [-0.25, -0.2) is 4.98 Å². The van der Waals surface area contributed by atoms with E-state index in [2.05, 4.69) is 4.98 Å². The summed E-state index contributed by atoms with van der Waals surface area (Å²) in [6.45, 7) is 1.46. The second-order valence-corrected chi connectivity index (χ2v) is 6.74. The van der Waals surface area contributed by atoms with Crippen LogP contribution in [0.5, 0.6) is 11.5 Å². The molecule has 0 radical (unpaired) electrons. The van der Waals surface area contributed by atoms with Crippen molar-refractivity contribution in [3.05, 3.63) is 34.8 Å². The van der Waals surface area contributed by atoms with Crippen molar-refractivity contribution in [1.82, 2.24) is 4.98 Å². The third-order valence-electron chi connectivity index (χ3n) is 4.42. The lowest BCUT2D eigenvalue weighted by atomic mass is 9.87. The van der Waals surface area contributed by atoms with E-state index in [1.807, 2.05) is 23.1 Å². The average Bonchev–Trinajstić information content (AvgIpc) is 3.23. The highest BCUT2D eigenvalue weighted by Crippen LogP contribution is 2.38. The smallest absolute Gasteiger partial charge is 0.268 e.